The molecule has 0 aliphatic carbocycles. The molecule has 2 nitrogen and oxygen atoms in total. The number of hydrogen-bond acceptors (Lipinski definition) is 1. The summed E-state index contributed by atoms with van der Waals surface area (Å²) in [7, 11) is 0. The molecule has 1 amide bonds. The SMILES string of the molecule is O=C1Cc2c(Br)c(C(F)(F)F)cc(F)c2N1. The van der Waals surface area contributed by atoms with Crippen LogP contribution < -0.4 is 5.32 Å². The van der Waals surface area contributed by atoms with Gasteiger partial charge in [0, 0.05) is 10.0 Å². The number of amides is 1. The summed E-state index contributed by atoms with van der Waals surface area (Å²) in [6.45, 7) is 0. The monoisotopic (exact) mass is 297 g/mol. The molecule has 86 valence electrons. The van der Waals surface area contributed by atoms with Gasteiger partial charge in [0.2, 0.25) is 5.91 Å². The summed E-state index contributed by atoms with van der Waals surface area (Å²) in [6.07, 6.45) is -4.91. The maximum atomic E-state index is 13.3. The number of nitrogens with one attached hydrogen (secondary N) is 1. The smallest absolute Gasteiger partial charge is 0.323 e. The van der Waals surface area contributed by atoms with Crippen LogP contribution >= 0.6 is 15.9 Å². The average Bonchev–Trinajstić information content (AvgIpc) is 2.52. The van der Waals surface area contributed by atoms with Gasteiger partial charge < -0.3 is 5.32 Å². The molecule has 0 bridgehead atoms. The third-order valence-corrected chi connectivity index (χ3v) is 3.13. The fourth-order valence-corrected chi connectivity index (χ4v) is 2.21. The Labute approximate surface area is 95.8 Å². The molecule has 0 atom stereocenters. The lowest BCUT2D eigenvalue weighted by Gasteiger charge is -2.12. The van der Waals surface area contributed by atoms with Crippen LogP contribution in [0.3, 0.4) is 0 Å². The highest BCUT2D eigenvalue weighted by Gasteiger charge is 2.37. The van der Waals surface area contributed by atoms with Gasteiger partial charge in [0.25, 0.3) is 0 Å². The van der Waals surface area contributed by atoms with Crippen molar-refractivity contribution >= 4 is 27.5 Å². The van der Waals surface area contributed by atoms with Gasteiger partial charge in [0.15, 0.2) is 0 Å². The molecule has 0 aromatic heterocycles. The van der Waals surface area contributed by atoms with E-state index < -0.39 is 23.5 Å². The first kappa shape index (κ1) is 11.4. The minimum atomic E-state index is -4.65. The molecule has 0 radical (unpaired) electrons. The summed E-state index contributed by atoms with van der Waals surface area (Å²) >= 11 is 2.75. The van der Waals surface area contributed by atoms with Crippen molar-refractivity contribution in [2.75, 3.05) is 5.32 Å². The fraction of sp³-hybridized carbons (Fsp3) is 0.222. The van der Waals surface area contributed by atoms with Crippen molar-refractivity contribution in [1.29, 1.82) is 0 Å². The van der Waals surface area contributed by atoms with Crippen LogP contribution in [0.5, 0.6) is 0 Å². The molecular weight excluding hydrogens is 294 g/mol. The molecule has 1 N–H and O–H groups in total. The van der Waals surface area contributed by atoms with Crippen LogP contribution in [0.25, 0.3) is 0 Å². The van der Waals surface area contributed by atoms with E-state index in [1.54, 1.807) is 0 Å². The van der Waals surface area contributed by atoms with E-state index in [0.29, 0.717) is 6.07 Å². The normalized spacial score (nSPS) is 14.9. The molecule has 1 aliphatic heterocycles. The van der Waals surface area contributed by atoms with Gasteiger partial charge in [-0.1, -0.05) is 0 Å². The Morgan fingerprint density at radius 1 is 1.38 bits per heavy atom. The summed E-state index contributed by atoms with van der Waals surface area (Å²) in [5, 5.41) is 2.17. The minimum Gasteiger partial charge on any atom is -0.323 e. The van der Waals surface area contributed by atoms with Crippen molar-refractivity contribution in [3.63, 3.8) is 0 Å². The second kappa shape index (κ2) is 3.44. The summed E-state index contributed by atoms with van der Waals surface area (Å²) in [6, 6.07) is 0.370. The maximum Gasteiger partial charge on any atom is 0.417 e. The first-order valence-electron chi connectivity index (χ1n) is 4.18. The Kier molecular flexibility index (Phi) is 2.45. The van der Waals surface area contributed by atoms with E-state index in [4.69, 9.17) is 0 Å². The lowest BCUT2D eigenvalue weighted by Crippen LogP contribution is -2.08. The van der Waals surface area contributed by atoms with Gasteiger partial charge in [-0.2, -0.15) is 13.2 Å². The zero-order chi connectivity index (χ0) is 12.1. The van der Waals surface area contributed by atoms with Crippen molar-refractivity contribution < 1.29 is 22.4 Å². The van der Waals surface area contributed by atoms with E-state index in [2.05, 4.69) is 21.2 Å². The first-order chi connectivity index (χ1) is 7.30. The molecule has 1 heterocycles. The second-order valence-corrected chi connectivity index (χ2v) is 4.09. The van der Waals surface area contributed by atoms with Crippen LogP contribution in [0.15, 0.2) is 10.5 Å². The molecule has 0 saturated carbocycles. The predicted octanol–water partition coefficient (Wildman–Crippen LogP) is 3.10. The molecule has 1 aromatic rings. The van der Waals surface area contributed by atoms with Gasteiger partial charge in [-0.25, -0.2) is 4.39 Å². The number of halogens is 5. The van der Waals surface area contributed by atoms with Crippen molar-refractivity contribution in [2.45, 2.75) is 12.6 Å². The summed E-state index contributed by atoms with van der Waals surface area (Å²) in [5.74, 6) is -1.59. The number of benzene rings is 1. The van der Waals surface area contributed by atoms with E-state index in [9.17, 15) is 22.4 Å². The largest absolute Gasteiger partial charge is 0.417 e. The number of carbonyl (C=O) groups excluding carboxylic acids is 1. The standard InChI is InChI=1S/C9H4BrF4NO/c10-7-3-1-6(16)15-8(3)5(11)2-4(7)9(12,13)14/h2H,1H2,(H,15,16). The number of hydrogen-bond donors (Lipinski definition) is 1. The van der Waals surface area contributed by atoms with E-state index in [1.165, 1.54) is 0 Å². The number of anilines is 1. The van der Waals surface area contributed by atoms with Gasteiger partial charge >= 0.3 is 6.18 Å². The van der Waals surface area contributed by atoms with Gasteiger partial charge in [0.1, 0.15) is 5.82 Å². The molecule has 1 aromatic carbocycles. The Hall–Kier alpha value is -1.11. The van der Waals surface area contributed by atoms with Crippen LogP contribution in [-0.4, -0.2) is 5.91 Å². The summed E-state index contributed by atoms with van der Waals surface area (Å²) in [5.41, 5.74) is -1.28. The highest BCUT2D eigenvalue weighted by Crippen LogP contribution is 2.42. The molecule has 16 heavy (non-hydrogen) atoms. The third kappa shape index (κ3) is 1.68. The molecule has 0 saturated heterocycles. The predicted molar refractivity (Wildman–Crippen MR) is 51.4 cm³/mol. The average molecular weight is 298 g/mol. The zero-order valence-corrected chi connectivity index (χ0v) is 9.17. The maximum absolute atomic E-state index is 13.3. The van der Waals surface area contributed by atoms with Gasteiger partial charge in [0.05, 0.1) is 17.7 Å². The van der Waals surface area contributed by atoms with Crippen molar-refractivity contribution in [3.05, 3.63) is 27.5 Å². The molecule has 0 fully saturated rings. The lowest BCUT2D eigenvalue weighted by molar-refractivity contribution is -0.138. The Balaban J connectivity index is 2.67. The van der Waals surface area contributed by atoms with E-state index >= 15 is 0 Å². The van der Waals surface area contributed by atoms with Crippen molar-refractivity contribution in [2.24, 2.45) is 0 Å². The number of fused-ring (bicyclic) bond motifs is 1. The van der Waals surface area contributed by atoms with Crippen molar-refractivity contribution in [3.8, 4) is 0 Å². The third-order valence-electron chi connectivity index (χ3n) is 2.22. The lowest BCUT2D eigenvalue weighted by atomic mass is 10.1. The topological polar surface area (TPSA) is 29.1 Å². The molecule has 1 aliphatic rings. The first-order valence-corrected chi connectivity index (χ1v) is 4.98. The van der Waals surface area contributed by atoms with Crippen LogP contribution in [0.2, 0.25) is 0 Å². The zero-order valence-electron chi connectivity index (χ0n) is 7.58. The Bertz CT molecular complexity index is 483. The number of rotatable bonds is 0. The summed E-state index contributed by atoms with van der Waals surface area (Å²) < 4.78 is 50.5. The molecule has 0 unspecified atom stereocenters. The minimum absolute atomic E-state index is 0.0114. The second-order valence-electron chi connectivity index (χ2n) is 3.30. The number of alkyl halides is 3. The highest BCUT2D eigenvalue weighted by atomic mass is 79.9. The van der Waals surface area contributed by atoms with Gasteiger partial charge in [-0.15, -0.1) is 0 Å². The summed E-state index contributed by atoms with van der Waals surface area (Å²) in [4.78, 5) is 11.0. The van der Waals surface area contributed by atoms with E-state index in [1.807, 2.05) is 0 Å². The molecule has 7 heteroatoms. The Morgan fingerprint density at radius 2 is 2.00 bits per heavy atom. The van der Waals surface area contributed by atoms with Crippen LogP contribution in [0.4, 0.5) is 23.2 Å². The highest BCUT2D eigenvalue weighted by molar-refractivity contribution is 9.10. The van der Waals surface area contributed by atoms with Crippen molar-refractivity contribution in [1.82, 2.24) is 0 Å². The van der Waals surface area contributed by atoms with Crippen LogP contribution in [0.1, 0.15) is 11.1 Å². The van der Waals surface area contributed by atoms with Gasteiger partial charge in [-0.3, -0.25) is 4.79 Å². The number of carbonyl (C=O) groups is 1. The quantitative estimate of drug-likeness (QED) is 0.733. The van der Waals surface area contributed by atoms with E-state index in [-0.39, 0.29) is 22.1 Å². The van der Waals surface area contributed by atoms with Crippen LogP contribution in [-0.2, 0) is 17.4 Å². The van der Waals surface area contributed by atoms with Gasteiger partial charge in [-0.05, 0) is 22.0 Å². The molecular formula is C9H4BrF4NO. The fourth-order valence-electron chi connectivity index (χ4n) is 1.53. The van der Waals surface area contributed by atoms with Crippen LogP contribution in [0, 0.1) is 5.82 Å². The van der Waals surface area contributed by atoms with E-state index in [0.717, 1.165) is 0 Å². The Morgan fingerprint density at radius 3 is 2.56 bits per heavy atom. The molecule has 2 rings (SSSR count). The molecule has 0 spiro atoms.